The second kappa shape index (κ2) is 9.90. The van der Waals surface area contributed by atoms with Crippen LogP contribution in [0.15, 0.2) is 71.8 Å². The molecule has 170 valence electrons. The van der Waals surface area contributed by atoms with Crippen LogP contribution in [0.1, 0.15) is 16.7 Å². The zero-order valence-electron chi connectivity index (χ0n) is 16.7. The van der Waals surface area contributed by atoms with E-state index in [4.69, 9.17) is 4.74 Å². The largest absolute Gasteiger partial charge is 0.450 e. The normalized spacial score (nSPS) is 11.4. The number of benzene rings is 3. The number of nitrogens with zero attached hydrogens (tertiary/aromatic N) is 2. The molecule has 0 fully saturated rings. The standard InChI is InChI=1S/C22H15F4N3O4/c23-17-6-1-14(2-7-17)11-21(30)28-27-13-15-3-8-18(9-4-15)33-20-10-5-16(22(24,25)26)12-19(20)29(31)32/h1-10,12-13H,11H2,(H,28,30)/b27-13+. The molecule has 0 radical (unpaired) electrons. The summed E-state index contributed by atoms with van der Waals surface area (Å²) in [5.74, 6) is -1.01. The molecule has 0 aliphatic rings. The van der Waals surface area contributed by atoms with Crippen LogP contribution in [0.5, 0.6) is 11.5 Å². The molecule has 1 amide bonds. The van der Waals surface area contributed by atoms with E-state index in [9.17, 15) is 32.5 Å². The van der Waals surface area contributed by atoms with E-state index in [0.717, 1.165) is 6.07 Å². The first-order valence-corrected chi connectivity index (χ1v) is 9.32. The maximum Gasteiger partial charge on any atom is 0.416 e. The number of hydrogen-bond donors (Lipinski definition) is 1. The second-order valence-electron chi connectivity index (χ2n) is 6.70. The highest BCUT2D eigenvalue weighted by atomic mass is 19.4. The fourth-order valence-corrected chi connectivity index (χ4v) is 2.68. The molecule has 3 aromatic rings. The summed E-state index contributed by atoms with van der Waals surface area (Å²) in [5.41, 5.74) is 1.51. The van der Waals surface area contributed by atoms with Gasteiger partial charge in [-0.3, -0.25) is 14.9 Å². The van der Waals surface area contributed by atoms with E-state index in [1.807, 2.05) is 0 Å². The summed E-state index contributed by atoms with van der Waals surface area (Å²) in [4.78, 5) is 22.0. The van der Waals surface area contributed by atoms with E-state index in [2.05, 4.69) is 10.5 Å². The number of carbonyl (C=O) groups excluding carboxylic acids is 1. The van der Waals surface area contributed by atoms with Crippen molar-refractivity contribution in [3.05, 3.63) is 99.4 Å². The van der Waals surface area contributed by atoms with E-state index in [1.54, 1.807) is 0 Å². The van der Waals surface area contributed by atoms with Crippen LogP contribution in [-0.4, -0.2) is 17.0 Å². The lowest BCUT2D eigenvalue weighted by atomic mass is 10.1. The summed E-state index contributed by atoms with van der Waals surface area (Å²) in [7, 11) is 0. The van der Waals surface area contributed by atoms with Crippen molar-refractivity contribution >= 4 is 17.8 Å². The first-order valence-electron chi connectivity index (χ1n) is 9.32. The summed E-state index contributed by atoms with van der Waals surface area (Å²) in [5, 5.41) is 14.9. The Labute approximate surface area is 184 Å². The predicted octanol–water partition coefficient (Wildman–Crippen LogP) is 5.24. The average molecular weight is 461 g/mol. The zero-order chi connectivity index (χ0) is 24.0. The molecule has 0 aromatic heterocycles. The monoisotopic (exact) mass is 461 g/mol. The smallest absolute Gasteiger partial charge is 0.416 e. The number of rotatable bonds is 7. The van der Waals surface area contributed by atoms with Crippen molar-refractivity contribution in [3.8, 4) is 11.5 Å². The molecule has 7 nitrogen and oxygen atoms in total. The van der Waals surface area contributed by atoms with Gasteiger partial charge in [0.05, 0.1) is 23.1 Å². The maximum atomic E-state index is 12.9. The fraction of sp³-hybridized carbons (Fsp3) is 0.0909. The highest BCUT2D eigenvalue weighted by Crippen LogP contribution is 2.37. The molecule has 0 spiro atoms. The molecular weight excluding hydrogens is 446 g/mol. The minimum Gasteiger partial charge on any atom is -0.450 e. The third-order valence-corrected chi connectivity index (χ3v) is 4.27. The first kappa shape index (κ1) is 23.4. The van der Waals surface area contributed by atoms with Gasteiger partial charge in [0.25, 0.3) is 0 Å². The van der Waals surface area contributed by atoms with Gasteiger partial charge in [0.2, 0.25) is 11.7 Å². The maximum absolute atomic E-state index is 12.9. The van der Waals surface area contributed by atoms with Crippen molar-refractivity contribution in [2.45, 2.75) is 12.6 Å². The minimum atomic E-state index is -4.72. The number of alkyl halides is 3. The minimum absolute atomic E-state index is 0.0102. The van der Waals surface area contributed by atoms with Crippen molar-refractivity contribution in [2.24, 2.45) is 5.10 Å². The average Bonchev–Trinajstić information content (AvgIpc) is 2.76. The number of nitro benzene ring substituents is 1. The molecule has 3 aromatic carbocycles. The summed E-state index contributed by atoms with van der Waals surface area (Å²) < 4.78 is 56.6. The van der Waals surface area contributed by atoms with Crippen LogP contribution in [0.4, 0.5) is 23.2 Å². The van der Waals surface area contributed by atoms with E-state index < -0.39 is 34.1 Å². The molecule has 11 heteroatoms. The van der Waals surface area contributed by atoms with Gasteiger partial charge in [0.1, 0.15) is 11.6 Å². The van der Waals surface area contributed by atoms with E-state index in [-0.39, 0.29) is 17.9 Å². The molecular formula is C22H15F4N3O4. The Morgan fingerprint density at radius 2 is 1.73 bits per heavy atom. The van der Waals surface area contributed by atoms with E-state index in [1.165, 1.54) is 54.7 Å². The van der Waals surface area contributed by atoms with Gasteiger partial charge in [-0.05, 0) is 59.7 Å². The van der Waals surface area contributed by atoms with Crippen molar-refractivity contribution in [3.63, 3.8) is 0 Å². The fourth-order valence-electron chi connectivity index (χ4n) is 2.68. The molecule has 0 saturated heterocycles. The molecule has 3 rings (SSSR count). The second-order valence-corrected chi connectivity index (χ2v) is 6.70. The van der Waals surface area contributed by atoms with Gasteiger partial charge in [-0.2, -0.15) is 18.3 Å². The van der Waals surface area contributed by atoms with Gasteiger partial charge in [-0.1, -0.05) is 12.1 Å². The number of hydrazone groups is 1. The Bertz CT molecular complexity index is 1180. The summed E-state index contributed by atoms with van der Waals surface area (Å²) in [6.07, 6.45) is -3.37. The molecule has 0 unspecified atom stereocenters. The Morgan fingerprint density at radius 3 is 2.33 bits per heavy atom. The number of nitro groups is 1. The highest BCUT2D eigenvalue weighted by Gasteiger charge is 2.33. The number of ether oxygens (including phenoxy) is 1. The van der Waals surface area contributed by atoms with Gasteiger partial charge in [-0.15, -0.1) is 0 Å². The molecule has 0 heterocycles. The van der Waals surface area contributed by atoms with Gasteiger partial charge in [-0.25, -0.2) is 9.82 Å². The highest BCUT2D eigenvalue weighted by molar-refractivity contribution is 5.83. The quantitative estimate of drug-likeness (QED) is 0.225. The summed E-state index contributed by atoms with van der Waals surface area (Å²) >= 11 is 0. The Hall–Kier alpha value is -4.28. The molecule has 0 atom stereocenters. The van der Waals surface area contributed by atoms with Crippen LogP contribution >= 0.6 is 0 Å². The molecule has 0 aliphatic carbocycles. The summed E-state index contributed by atoms with van der Waals surface area (Å²) in [6, 6.07) is 13.4. The number of hydrogen-bond acceptors (Lipinski definition) is 5. The predicted molar refractivity (Wildman–Crippen MR) is 110 cm³/mol. The van der Waals surface area contributed by atoms with Gasteiger partial charge in [0, 0.05) is 6.07 Å². The summed E-state index contributed by atoms with van der Waals surface area (Å²) in [6.45, 7) is 0. The number of nitrogens with one attached hydrogen (secondary N) is 1. The molecule has 1 N–H and O–H groups in total. The van der Waals surface area contributed by atoms with E-state index >= 15 is 0 Å². The SMILES string of the molecule is O=C(Cc1ccc(F)cc1)N/N=C/c1ccc(Oc2ccc(C(F)(F)F)cc2[N+](=O)[O-])cc1. The van der Waals surface area contributed by atoms with E-state index in [0.29, 0.717) is 23.3 Å². The van der Waals surface area contributed by atoms with Gasteiger partial charge < -0.3 is 4.74 Å². The van der Waals surface area contributed by atoms with Crippen molar-refractivity contribution in [2.75, 3.05) is 0 Å². The lowest BCUT2D eigenvalue weighted by molar-refractivity contribution is -0.385. The molecule has 0 bridgehead atoms. The van der Waals surface area contributed by atoms with Crippen LogP contribution in [0, 0.1) is 15.9 Å². The lowest BCUT2D eigenvalue weighted by Gasteiger charge is -2.10. The molecule has 33 heavy (non-hydrogen) atoms. The molecule has 0 saturated carbocycles. The Kier molecular flexibility index (Phi) is 7.01. The number of amides is 1. The van der Waals surface area contributed by atoms with Crippen LogP contribution < -0.4 is 10.2 Å². The zero-order valence-corrected chi connectivity index (χ0v) is 16.7. The van der Waals surface area contributed by atoms with Crippen LogP contribution in [0.3, 0.4) is 0 Å². The van der Waals surface area contributed by atoms with Crippen molar-refractivity contribution in [1.29, 1.82) is 0 Å². The van der Waals surface area contributed by atoms with Gasteiger partial charge in [0.15, 0.2) is 0 Å². The third-order valence-electron chi connectivity index (χ3n) is 4.27. The third kappa shape index (κ3) is 6.60. The lowest BCUT2D eigenvalue weighted by Crippen LogP contribution is -2.19. The van der Waals surface area contributed by atoms with Crippen LogP contribution in [-0.2, 0) is 17.4 Å². The number of halogens is 4. The first-order chi connectivity index (χ1) is 15.6. The topological polar surface area (TPSA) is 93.8 Å². The van der Waals surface area contributed by atoms with Crippen molar-refractivity contribution < 1.29 is 32.0 Å². The Morgan fingerprint density at radius 1 is 1.06 bits per heavy atom. The van der Waals surface area contributed by atoms with Crippen molar-refractivity contribution in [1.82, 2.24) is 5.43 Å². The number of carbonyl (C=O) groups is 1. The van der Waals surface area contributed by atoms with Crippen LogP contribution in [0.25, 0.3) is 0 Å². The van der Waals surface area contributed by atoms with Gasteiger partial charge >= 0.3 is 11.9 Å². The molecule has 0 aliphatic heterocycles. The van der Waals surface area contributed by atoms with Crippen LogP contribution in [0.2, 0.25) is 0 Å². The Balaban J connectivity index is 1.61.